The van der Waals surface area contributed by atoms with E-state index in [4.69, 9.17) is 4.74 Å². The lowest BCUT2D eigenvalue weighted by molar-refractivity contribution is 0.103. The van der Waals surface area contributed by atoms with Gasteiger partial charge in [-0.25, -0.2) is 9.97 Å². The molecule has 0 saturated heterocycles. The van der Waals surface area contributed by atoms with E-state index < -0.39 is 0 Å². The molecule has 1 fully saturated rings. The molecule has 1 aliphatic carbocycles. The van der Waals surface area contributed by atoms with Crippen molar-refractivity contribution in [2.45, 2.75) is 31.3 Å². The Hall–Kier alpha value is -3.51. The second kappa shape index (κ2) is 7.72. The molecule has 2 N–H and O–H groups in total. The summed E-state index contributed by atoms with van der Waals surface area (Å²) in [5.41, 5.74) is 3.14. The molecule has 6 nitrogen and oxygen atoms in total. The van der Waals surface area contributed by atoms with Crippen LogP contribution in [0.3, 0.4) is 0 Å². The fourth-order valence-electron chi connectivity index (χ4n) is 4.02. The van der Waals surface area contributed by atoms with Crippen LogP contribution in [0, 0.1) is 0 Å². The molecule has 0 bridgehead atoms. The van der Waals surface area contributed by atoms with E-state index in [1.807, 2.05) is 36.4 Å². The molecule has 2 aromatic heterocycles. The Morgan fingerprint density at radius 1 is 1.03 bits per heavy atom. The van der Waals surface area contributed by atoms with Crippen LogP contribution in [0.25, 0.3) is 11.0 Å². The molecule has 2 heterocycles. The highest BCUT2D eigenvalue weighted by Gasteiger charge is 2.27. The summed E-state index contributed by atoms with van der Waals surface area (Å²) in [4.78, 5) is 24.6. The number of carbonyl (C=O) groups is 1. The van der Waals surface area contributed by atoms with E-state index in [-0.39, 0.29) is 17.8 Å². The molecular weight excluding hydrogens is 378 g/mol. The number of hydrogen-bond acceptors (Lipinski definition) is 5. The van der Waals surface area contributed by atoms with Crippen LogP contribution in [-0.2, 0) is 0 Å². The highest BCUT2D eigenvalue weighted by molar-refractivity contribution is 6.08. The van der Waals surface area contributed by atoms with Crippen LogP contribution in [0.2, 0.25) is 0 Å². The van der Waals surface area contributed by atoms with Gasteiger partial charge in [-0.2, -0.15) is 0 Å². The van der Waals surface area contributed by atoms with Crippen molar-refractivity contribution in [1.29, 1.82) is 0 Å². The fourth-order valence-corrected chi connectivity index (χ4v) is 4.02. The van der Waals surface area contributed by atoms with E-state index in [0.29, 0.717) is 23.0 Å². The molecule has 1 saturated carbocycles. The number of aromatic nitrogens is 3. The summed E-state index contributed by atoms with van der Waals surface area (Å²) in [5, 5.41) is 9.86. The zero-order valence-electron chi connectivity index (χ0n) is 16.3. The normalized spacial score (nSPS) is 18.6. The highest BCUT2D eigenvalue weighted by Crippen LogP contribution is 2.39. The largest absolute Gasteiger partial charge is 0.439 e. The van der Waals surface area contributed by atoms with Crippen LogP contribution < -0.4 is 4.74 Å². The van der Waals surface area contributed by atoms with E-state index in [2.05, 4.69) is 15.0 Å². The third-order valence-corrected chi connectivity index (χ3v) is 5.58. The van der Waals surface area contributed by atoms with Gasteiger partial charge in [-0.15, -0.1) is 0 Å². The van der Waals surface area contributed by atoms with Crippen molar-refractivity contribution in [2.24, 2.45) is 0 Å². The fraction of sp³-hybridized carbons (Fsp3) is 0.208. The number of nitrogens with one attached hydrogen (secondary N) is 1. The molecule has 0 spiro atoms. The van der Waals surface area contributed by atoms with Crippen molar-refractivity contribution >= 4 is 16.8 Å². The molecule has 0 amide bonds. The van der Waals surface area contributed by atoms with Crippen molar-refractivity contribution in [3.05, 3.63) is 83.8 Å². The average Bonchev–Trinajstić information content (AvgIpc) is 3.40. The Balaban J connectivity index is 1.35. The Kier molecular flexibility index (Phi) is 4.77. The van der Waals surface area contributed by atoms with E-state index in [0.717, 1.165) is 35.9 Å². The Morgan fingerprint density at radius 2 is 1.87 bits per heavy atom. The molecule has 150 valence electrons. The van der Waals surface area contributed by atoms with Crippen LogP contribution >= 0.6 is 0 Å². The predicted molar refractivity (Wildman–Crippen MR) is 113 cm³/mol. The number of nitrogens with zero attached hydrogens (tertiary/aromatic N) is 2. The van der Waals surface area contributed by atoms with Crippen LogP contribution in [0.4, 0.5) is 0 Å². The Labute approximate surface area is 173 Å². The minimum Gasteiger partial charge on any atom is -0.439 e. The average molecular weight is 399 g/mol. The SMILES string of the molecule is O=C(c1ccc(Oc2ncccc2C2CCC(O)C2)cc1)c1nc2ccccc2[nH]1. The number of ether oxygens (including phenoxy) is 1. The lowest BCUT2D eigenvalue weighted by atomic mass is 9.99. The number of aromatic amines is 1. The minimum absolute atomic E-state index is 0.170. The summed E-state index contributed by atoms with van der Waals surface area (Å²) < 4.78 is 6.02. The lowest BCUT2D eigenvalue weighted by Crippen LogP contribution is -2.04. The third-order valence-electron chi connectivity index (χ3n) is 5.58. The van der Waals surface area contributed by atoms with E-state index >= 15 is 0 Å². The molecule has 2 unspecified atom stereocenters. The van der Waals surface area contributed by atoms with Crippen LogP contribution in [0.15, 0.2) is 66.9 Å². The van der Waals surface area contributed by atoms with Gasteiger partial charge in [0.2, 0.25) is 11.7 Å². The number of aliphatic hydroxyl groups is 1. The first kappa shape index (κ1) is 18.5. The van der Waals surface area contributed by atoms with Gasteiger partial charge in [0.15, 0.2) is 5.82 Å². The monoisotopic (exact) mass is 399 g/mol. The standard InChI is InChI=1S/C24H21N3O3/c28-17-10-7-16(14-17)19-4-3-13-25-24(19)30-18-11-8-15(9-12-18)22(29)23-26-20-5-1-2-6-21(20)27-23/h1-6,8-9,11-13,16-17,28H,7,10,14H2,(H,26,27). The topological polar surface area (TPSA) is 88.1 Å². The Bertz CT molecular complexity index is 1170. The number of fused-ring (bicyclic) bond motifs is 1. The van der Waals surface area contributed by atoms with Gasteiger partial charge in [0.1, 0.15) is 5.75 Å². The minimum atomic E-state index is -0.258. The van der Waals surface area contributed by atoms with Gasteiger partial charge in [-0.05, 0) is 67.6 Å². The van der Waals surface area contributed by atoms with Gasteiger partial charge in [0, 0.05) is 17.3 Å². The first-order valence-electron chi connectivity index (χ1n) is 10.1. The number of para-hydroxylation sites is 2. The molecule has 2 aromatic carbocycles. The molecule has 0 aliphatic heterocycles. The quantitative estimate of drug-likeness (QED) is 0.479. The van der Waals surface area contributed by atoms with Crippen molar-refractivity contribution in [3.8, 4) is 11.6 Å². The molecular formula is C24H21N3O3. The van der Waals surface area contributed by atoms with Crippen molar-refractivity contribution in [1.82, 2.24) is 15.0 Å². The number of pyridine rings is 1. The summed E-state index contributed by atoms with van der Waals surface area (Å²) in [5.74, 6) is 1.55. The molecule has 5 rings (SSSR count). The first-order chi connectivity index (χ1) is 14.7. The lowest BCUT2D eigenvalue weighted by Gasteiger charge is -2.14. The van der Waals surface area contributed by atoms with Gasteiger partial charge >= 0.3 is 0 Å². The summed E-state index contributed by atoms with van der Waals surface area (Å²) in [7, 11) is 0. The van der Waals surface area contributed by atoms with Crippen LogP contribution in [0.1, 0.15) is 46.9 Å². The van der Waals surface area contributed by atoms with Gasteiger partial charge in [0.05, 0.1) is 17.1 Å². The van der Waals surface area contributed by atoms with Crippen molar-refractivity contribution < 1.29 is 14.6 Å². The van der Waals surface area contributed by atoms with Crippen LogP contribution in [0.5, 0.6) is 11.6 Å². The second-order valence-electron chi connectivity index (χ2n) is 7.62. The number of benzene rings is 2. The number of ketones is 1. The predicted octanol–water partition coefficient (Wildman–Crippen LogP) is 4.61. The Morgan fingerprint density at radius 3 is 2.63 bits per heavy atom. The third kappa shape index (κ3) is 3.57. The maximum atomic E-state index is 12.8. The highest BCUT2D eigenvalue weighted by atomic mass is 16.5. The number of H-pyrrole nitrogens is 1. The number of hydrogen-bond donors (Lipinski definition) is 2. The van der Waals surface area contributed by atoms with Gasteiger partial charge < -0.3 is 14.8 Å². The summed E-state index contributed by atoms with van der Waals surface area (Å²) in [6.45, 7) is 0. The zero-order valence-corrected chi connectivity index (χ0v) is 16.3. The molecule has 2 atom stereocenters. The first-order valence-corrected chi connectivity index (χ1v) is 10.1. The summed E-state index contributed by atoms with van der Waals surface area (Å²) >= 11 is 0. The number of rotatable bonds is 5. The molecule has 0 radical (unpaired) electrons. The molecule has 1 aliphatic rings. The summed E-state index contributed by atoms with van der Waals surface area (Å²) in [6.07, 6.45) is 3.90. The zero-order chi connectivity index (χ0) is 20.5. The van der Waals surface area contributed by atoms with Crippen molar-refractivity contribution in [2.75, 3.05) is 0 Å². The van der Waals surface area contributed by atoms with E-state index in [1.165, 1.54) is 0 Å². The van der Waals surface area contributed by atoms with Gasteiger partial charge in [-0.3, -0.25) is 4.79 Å². The maximum Gasteiger partial charge on any atom is 0.228 e. The number of aliphatic hydroxyl groups excluding tert-OH is 1. The molecule has 6 heteroatoms. The smallest absolute Gasteiger partial charge is 0.228 e. The van der Waals surface area contributed by atoms with Crippen LogP contribution in [-0.4, -0.2) is 31.9 Å². The second-order valence-corrected chi connectivity index (χ2v) is 7.62. The molecule has 30 heavy (non-hydrogen) atoms. The number of imidazole rings is 1. The summed E-state index contributed by atoms with van der Waals surface area (Å²) in [6, 6.07) is 18.4. The molecule has 4 aromatic rings. The van der Waals surface area contributed by atoms with Gasteiger partial charge in [-0.1, -0.05) is 18.2 Å². The van der Waals surface area contributed by atoms with Gasteiger partial charge in [0.25, 0.3) is 0 Å². The maximum absolute atomic E-state index is 12.8. The van der Waals surface area contributed by atoms with E-state index in [9.17, 15) is 9.90 Å². The van der Waals surface area contributed by atoms with Crippen molar-refractivity contribution in [3.63, 3.8) is 0 Å². The van der Waals surface area contributed by atoms with E-state index in [1.54, 1.807) is 30.5 Å². The number of carbonyl (C=O) groups excluding carboxylic acids is 1.